The third-order valence-corrected chi connectivity index (χ3v) is 7.29. The molecular weight excluding hydrogens is 420 g/mol. The van der Waals surface area contributed by atoms with E-state index in [0.717, 1.165) is 11.3 Å². The van der Waals surface area contributed by atoms with E-state index in [4.69, 9.17) is 11.6 Å². The van der Waals surface area contributed by atoms with Gasteiger partial charge in [0.1, 0.15) is 6.04 Å². The number of imide groups is 1. The number of carbonyl (C=O) groups is 3. The Morgan fingerprint density at radius 3 is 2.50 bits per heavy atom. The van der Waals surface area contributed by atoms with Gasteiger partial charge < -0.3 is 4.90 Å². The molecule has 0 aliphatic carbocycles. The van der Waals surface area contributed by atoms with Gasteiger partial charge in [0.15, 0.2) is 5.78 Å². The number of thiophene rings is 1. The van der Waals surface area contributed by atoms with E-state index in [2.05, 4.69) is 0 Å². The zero-order valence-electron chi connectivity index (χ0n) is 16.8. The maximum Gasteiger partial charge on any atom is 0.236 e. The van der Waals surface area contributed by atoms with Crippen LogP contribution in [0.2, 0.25) is 5.02 Å². The van der Waals surface area contributed by atoms with Crippen LogP contribution in [-0.4, -0.2) is 40.1 Å². The molecule has 3 aliphatic heterocycles. The number of carbonyl (C=O) groups excluding carboxylic acids is 3. The molecule has 3 aliphatic rings. The van der Waals surface area contributed by atoms with Gasteiger partial charge in [-0.05, 0) is 56.0 Å². The second-order valence-electron chi connectivity index (χ2n) is 8.98. The number of anilines is 1. The van der Waals surface area contributed by atoms with Crippen LogP contribution in [-0.2, 0) is 9.59 Å². The summed E-state index contributed by atoms with van der Waals surface area (Å²) in [4.78, 5) is 44.5. The van der Waals surface area contributed by atoms with Crippen LogP contribution in [0.5, 0.6) is 0 Å². The Labute approximate surface area is 183 Å². The SMILES string of the molecule is CC(C)(C)N1C(=O)[C@@H]2[C@H](C1=O)[C@@H](C(=O)c1cccs1)N1c3ccc(Cl)cc3C=C[C@@H]21. The van der Waals surface area contributed by atoms with Crippen LogP contribution in [0.3, 0.4) is 0 Å². The van der Waals surface area contributed by atoms with Crippen LogP contribution in [0.4, 0.5) is 5.69 Å². The highest BCUT2D eigenvalue weighted by atomic mass is 35.5. The summed E-state index contributed by atoms with van der Waals surface area (Å²) in [5.74, 6) is -1.86. The molecule has 0 radical (unpaired) electrons. The Hall–Kier alpha value is -2.44. The molecule has 0 N–H and O–H groups in total. The minimum atomic E-state index is -0.729. The van der Waals surface area contributed by atoms with E-state index in [9.17, 15) is 14.4 Å². The van der Waals surface area contributed by atoms with Crippen molar-refractivity contribution in [3.63, 3.8) is 0 Å². The average Bonchev–Trinajstić information content (AvgIpc) is 3.37. The zero-order valence-corrected chi connectivity index (χ0v) is 18.4. The molecule has 2 fully saturated rings. The molecule has 7 heteroatoms. The van der Waals surface area contributed by atoms with Crippen molar-refractivity contribution in [2.45, 2.75) is 38.4 Å². The third kappa shape index (κ3) is 2.63. The van der Waals surface area contributed by atoms with Gasteiger partial charge in [0, 0.05) is 16.2 Å². The molecule has 1 aromatic heterocycles. The standard InChI is InChI=1S/C23H21ClN2O3S/c1-23(2,3)26-21(28)17-15-8-6-12-11-13(24)7-9-14(12)25(15)19(18(17)22(26)29)20(27)16-5-4-10-30-16/h4-11,15,17-19H,1-3H3/t15-,17-,18-,19-/m0/s1. The molecule has 4 atom stereocenters. The number of likely N-dealkylation sites (tertiary alicyclic amines) is 1. The summed E-state index contributed by atoms with van der Waals surface area (Å²) in [6, 6.07) is 8.03. The first-order chi connectivity index (χ1) is 14.2. The molecule has 0 saturated carbocycles. The normalized spacial score (nSPS) is 27.3. The lowest BCUT2D eigenvalue weighted by Gasteiger charge is -2.38. The van der Waals surface area contributed by atoms with E-state index < -0.39 is 23.4 Å². The van der Waals surface area contributed by atoms with Gasteiger partial charge in [-0.1, -0.05) is 29.8 Å². The molecule has 2 amide bonds. The van der Waals surface area contributed by atoms with Gasteiger partial charge in [-0.2, -0.15) is 0 Å². The van der Waals surface area contributed by atoms with E-state index >= 15 is 0 Å². The molecule has 5 nitrogen and oxygen atoms in total. The van der Waals surface area contributed by atoms with Crippen molar-refractivity contribution in [3.8, 4) is 0 Å². The number of amides is 2. The van der Waals surface area contributed by atoms with Crippen molar-refractivity contribution in [1.29, 1.82) is 0 Å². The van der Waals surface area contributed by atoms with E-state index in [1.54, 1.807) is 12.1 Å². The molecule has 30 heavy (non-hydrogen) atoms. The lowest BCUT2D eigenvalue weighted by molar-refractivity contribution is -0.145. The summed E-state index contributed by atoms with van der Waals surface area (Å²) in [6.07, 6.45) is 3.88. The third-order valence-electron chi connectivity index (χ3n) is 6.17. The molecule has 1 aromatic carbocycles. The van der Waals surface area contributed by atoms with Crippen LogP contribution < -0.4 is 4.90 Å². The second kappa shape index (κ2) is 6.53. The monoisotopic (exact) mass is 440 g/mol. The number of fused-ring (bicyclic) bond motifs is 5. The van der Waals surface area contributed by atoms with Crippen molar-refractivity contribution in [3.05, 3.63) is 57.3 Å². The lowest BCUT2D eigenvalue weighted by Crippen LogP contribution is -2.52. The zero-order chi connectivity index (χ0) is 21.4. The number of benzene rings is 1. The quantitative estimate of drug-likeness (QED) is 0.517. The Morgan fingerprint density at radius 1 is 1.10 bits per heavy atom. The van der Waals surface area contributed by atoms with Gasteiger partial charge in [-0.3, -0.25) is 19.3 Å². The molecule has 0 bridgehead atoms. The Morgan fingerprint density at radius 2 is 1.83 bits per heavy atom. The summed E-state index contributed by atoms with van der Waals surface area (Å²) in [7, 11) is 0. The van der Waals surface area contributed by atoms with E-state index in [-0.39, 0.29) is 23.6 Å². The maximum atomic E-state index is 13.6. The predicted molar refractivity (Wildman–Crippen MR) is 118 cm³/mol. The van der Waals surface area contributed by atoms with Crippen LogP contribution in [0, 0.1) is 11.8 Å². The number of halogens is 1. The molecule has 4 heterocycles. The number of rotatable bonds is 2. The number of hydrogen-bond acceptors (Lipinski definition) is 5. The van der Waals surface area contributed by atoms with Crippen LogP contribution in [0.15, 0.2) is 41.8 Å². The lowest BCUT2D eigenvalue weighted by atomic mass is 9.87. The fourth-order valence-corrected chi connectivity index (χ4v) is 5.95. The Balaban J connectivity index is 1.68. The summed E-state index contributed by atoms with van der Waals surface area (Å²) in [5, 5.41) is 2.45. The summed E-state index contributed by atoms with van der Waals surface area (Å²) in [6.45, 7) is 5.56. The fourth-order valence-electron chi connectivity index (χ4n) is 5.07. The largest absolute Gasteiger partial charge is 0.352 e. The Kier molecular flexibility index (Phi) is 4.25. The number of ketones is 1. The van der Waals surface area contributed by atoms with Gasteiger partial charge in [0.25, 0.3) is 0 Å². The number of Topliss-reactive ketones (excluding diaryl/α,β-unsaturated/α-hetero) is 1. The molecular formula is C23H21ClN2O3S. The topological polar surface area (TPSA) is 57.7 Å². The highest BCUT2D eigenvalue weighted by molar-refractivity contribution is 7.12. The first-order valence-electron chi connectivity index (χ1n) is 9.92. The first kappa shape index (κ1) is 19.5. The summed E-state index contributed by atoms with van der Waals surface area (Å²) in [5.41, 5.74) is 1.08. The molecule has 2 aromatic rings. The summed E-state index contributed by atoms with van der Waals surface area (Å²) < 4.78 is 0. The second-order valence-corrected chi connectivity index (χ2v) is 10.4. The van der Waals surface area contributed by atoms with Crippen LogP contribution >= 0.6 is 22.9 Å². The highest BCUT2D eigenvalue weighted by Gasteiger charge is 2.65. The van der Waals surface area contributed by atoms with E-state index in [1.807, 2.05) is 61.4 Å². The minimum Gasteiger partial charge on any atom is -0.352 e. The predicted octanol–water partition coefficient (Wildman–Crippen LogP) is 4.27. The van der Waals surface area contributed by atoms with Gasteiger partial charge in [0.05, 0.1) is 22.8 Å². The molecule has 0 spiro atoms. The molecule has 0 unspecified atom stereocenters. The molecule has 5 rings (SSSR count). The molecule has 154 valence electrons. The smallest absolute Gasteiger partial charge is 0.236 e. The average molecular weight is 441 g/mol. The van der Waals surface area contributed by atoms with Crippen molar-refractivity contribution < 1.29 is 14.4 Å². The van der Waals surface area contributed by atoms with Gasteiger partial charge in [-0.15, -0.1) is 11.3 Å². The first-order valence-corrected chi connectivity index (χ1v) is 11.2. The van der Waals surface area contributed by atoms with Crippen molar-refractivity contribution in [1.82, 2.24) is 4.90 Å². The van der Waals surface area contributed by atoms with E-state index in [0.29, 0.717) is 9.90 Å². The van der Waals surface area contributed by atoms with Gasteiger partial charge in [0.2, 0.25) is 11.8 Å². The highest BCUT2D eigenvalue weighted by Crippen LogP contribution is 2.50. The van der Waals surface area contributed by atoms with Crippen LogP contribution in [0.25, 0.3) is 6.08 Å². The number of hydrogen-bond donors (Lipinski definition) is 0. The van der Waals surface area contributed by atoms with Crippen LogP contribution in [0.1, 0.15) is 36.0 Å². The van der Waals surface area contributed by atoms with Gasteiger partial charge >= 0.3 is 0 Å². The fraction of sp³-hybridized carbons (Fsp3) is 0.348. The summed E-state index contributed by atoms with van der Waals surface area (Å²) >= 11 is 7.54. The Bertz CT molecular complexity index is 1100. The van der Waals surface area contributed by atoms with E-state index in [1.165, 1.54) is 16.2 Å². The molecule has 2 saturated heterocycles. The van der Waals surface area contributed by atoms with Crippen molar-refractivity contribution in [2.75, 3.05) is 4.90 Å². The minimum absolute atomic E-state index is 0.115. The number of nitrogens with zero attached hydrogens (tertiary/aromatic N) is 2. The maximum absolute atomic E-state index is 13.6. The van der Waals surface area contributed by atoms with Crippen molar-refractivity contribution >= 4 is 52.3 Å². The van der Waals surface area contributed by atoms with Crippen molar-refractivity contribution in [2.24, 2.45) is 11.8 Å². The van der Waals surface area contributed by atoms with Gasteiger partial charge in [-0.25, -0.2) is 0 Å².